The molecule has 0 spiro atoms. The topological polar surface area (TPSA) is 59.9 Å². The highest BCUT2D eigenvalue weighted by Crippen LogP contribution is 2.24. The van der Waals surface area contributed by atoms with Crippen LogP contribution in [0.5, 0.6) is 11.6 Å². The Kier molecular flexibility index (Phi) is 4.66. The zero-order valence-corrected chi connectivity index (χ0v) is 15.3. The van der Waals surface area contributed by atoms with Gasteiger partial charge in [0.1, 0.15) is 11.6 Å². The first-order chi connectivity index (χ1) is 13.2. The molecule has 0 saturated carbocycles. The second kappa shape index (κ2) is 7.41. The van der Waals surface area contributed by atoms with Crippen molar-refractivity contribution in [2.45, 2.75) is 20.4 Å². The van der Waals surface area contributed by atoms with Crippen LogP contribution in [-0.2, 0) is 6.54 Å². The zero-order chi connectivity index (χ0) is 18.6. The van der Waals surface area contributed by atoms with E-state index in [1.54, 1.807) is 12.4 Å². The molecule has 0 fully saturated rings. The third-order valence-electron chi connectivity index (χ3n) is 4.33. The Labute approximate surface area is 158 Å². The maximum atomic E-state index is 5.91. The van der Waals surface area contributed by atoms with Crippen molar-refractivity contribution in [1.29, 1.82) is 0 Å². The molecular formula is C22H20N4O. The van der Waals surface area contributed by atoms with Gasteiger partial charge in [-0.15, -0.1) is 0 Å². The smallest absolute Gasteiger partial charge is 0.224 e. The molecule has 0 aliphatic carbocycles. The molecule has 0 bridgehead atoms. The van der Waals surface area contributed by atoms with Gasteiger partial charge in [-0.2, -0.15) is 0 Å². The number of pyridine rings is 3. The summed E-state index contributed by atoms with van der Waals surface area (Å²) in [6.45, 7) is 4.60. The molecule has 0 aliphatic rings. The van der Waals surface area contributed by atoms with Gasteiger partial charge in [0.15, 0.2) is 0 Å². The summed E-state index contributed by atoms with van der Waals surface area (Å²) in [5.41, 5.74) is 4.07. The predicted molar refractivity (Wildman–Crippen MR) is 107 cm³/mol. The molecule has 0 unspecified atom stereocenters. The van der Waals surface area contributed by atoms with E-state index in [2.05, 4.69) is 34.3 Å². The molecule has 27 heavy (non-hydrogen) atoms. The molecule has 5 heteroatoms. The Morgan fingerprint density at radius 1 is 0.963 bits per heavy atom. The Hall–Kier alpha value is -3.47. The maximum absolute atomic E-state index is 5.91. The summed E-state index contributed by atoms with van der Waals surface area (Å²) in [7, 11) is 0. The van der Waals surface area contributed by atoms with E-state index in [4.69, 9.17) is 9.72 Å². The van der Waals surface area contributed by atoms with Crippen molar-refractivity contribution in [2.75, 3.05) is 5.32 Å². The molecule has 1 aromatic carbocycles. The van der Waals surface area contributed by atoms with Crippen LogP contribution in [-0.4, -0.2) is 15.0 Å². The van der Waals surface area contributed by atoms with Crippen molar-refractivity contribution in [3.63, 3.8) is 0 Å². The summed E-state index contributed by atoms with van der Waals surface area (Å²) >= 11 is 0. The van der Waals surface area contributed by atoms with Crippen molar-refractivity contribution in [1.82, 2.24) is 15.0 Å². The van der Waals surface area contributed by atoms with Crippen molar-refractivity contribution in [3.05, 3.63) is 83.8 Å². The number of nitrogens with zero attached hydrogens (tertiary/aromatic N) is 3. The largest absolute Gasteiger partial charge is 0.437 e. The quantitative estimate of drug-likeness (QED) is 0.542. The van der Waals surface area contributed by atoms with Gasteiger partial charge in [-0.05, 0) is 49.7 Å². The Bertz CT molecular complexity index is 1080. The molecule has 0 saturated heterocycles. The van der Waals surface area contributed by atoms with Crippen molar-refractivity contribution in [3.8, 4) is 11.6 Å². The van der Waals surface area contributed by atoms with Crippen LogP contribution in [0, 0.1) is 13.8 Å². The van der Waals surface area contributed by atoms with Crippen LogP contribution < -0.4 is 10.1 Å². The van der Waals surface area contributed by atoms with E-state index in [1.807, 2.05) is 49.4 Å². The van der Waals surface area contributed by atoms with Gasteiger partial charge in [0.25, 0.3) is 0 Å². The molecule has 4 aromatic rings. The highest BCUT2D eigenvalue weighted by Gasteiger charge is 2.08. The number of rotatable bonds is 5. The van der Waals surface area contributed by atoms with Gasteiger partial charge in [-0.25, -0.2) is 9.97 Å². The predicted octanol–water partition coefficient (Wildman–Crippen LogP) is 5.05. The van der Waals surface area contributed by atoms with E-state index in [-0.39, 0.29) is 0 Å². The number of fused-ring (bicyclic) bond motifs is 1. The minimum atomic E-state index is 0.563. The first kappa shape index (κ1) is 17.0. The first-order valence-electron chi connectivity index (χ1n) is 8.84. The highest BCUT2D eigenvalue weighted by molar-refractivity contribution is 5.83. The minimum Gasteiger partial charge on any atom is -0.437 e. The van der Waals surface area contributed by atoms with Crippen LogP contribution in [0.3, 0.4) is 0 Å². The van der Waals surface area contributed by atoms with E-state index in [0.717, 1.165) is 22.6 Å². The number of aryl methyl sites for hydroxylation is 2. The lowest BCUT2D eigenvalue weighted by atomic mass is 10.1. The number of aromatic nitrogens is 3. The van der Waals surface area contributed by atoms with Gasteiger partial charge in [-0.3, -0.25) is 4.98 Å². The van der Waals surface area contributed by atoms with E-state index in [9.17, 15) is 0 Å². The van der Waals surface area contributed by atoms with Crippen LogP contribution in [0.4, 0.5) is 5.82 Å². The third kappa shape index (κ3) is 3.87. The summed E-state index contributed by atoms with van der Waals surface area (Å²) in [5, 5.41) is 4.55. The van der Waals surface area contributed by atoms with E-state index >= 15 is 0 Å². The normalized spacial score (nSPS) is 10.7. The first-order valence-corrected chi connectivity index (χ1v) is 8.84. The molecule has 0 aliphatic heterocycles. The second-order valence-corrected chi connectivity index (χ2v) is 6.40. The minimum absolute atomic E-state index is 0.563. The van der Waals surface area contributed by atoms with Gasteiger partial charge < -0.3 is 10.1 Å². The molecule has 0 atom stereocenters. The van der Waals surface area contributed by atoms with Crippen molar-refractivity contribution < 1.29 is 4.74 Å². The molecule has 3 aromatic heterocycles. The fourth-order valence-electron chi connectivity index (χ4n) is 2.90. The number of hydrogen-bond acceptors (Lipinski definition) is 5. The molecule has 0 amide bonds. The van der Waals surface area contributed by atoms with Gasteiger partial charge in [-0.1, -0.05) is 24.3 Å². The lowest BCUT2D eigenvalue weighted by molar-refractivity contribution is 0.454. The Balaban J connectivity index is 1.54. The number of ether oxygens (including phenoxy) is 1. The van der Waals surface area contributed by atoms with Crippen LogP contribution >= 0.6 is 0 Å². The van der Waals surface area contributed by atoms with Gasteiger partial charge in [0.2, 0.25) is 5.88 Å². The second-order valence-electron chi connectivity index (χ2n) is 6.40. The van der Waals surface area contributed by atoms with Gasteiger partial charge in [0.05, 0.1) is 11.7 Å². The van der Waals surface area contributed by atoms with E-state index < -0.39 is 0 Å². The Morgan fingerprint density at radius 2 is 1.85 bits per heavy atom. The summed E-state index contributed by atoms with van der Waals surface area (Å²) < 4.78 is 5.91. The number of benzene rings is 1. The van der Waals surface area contributed by atoms with Gasteiger partial charge in [0, 0.05) is 29.4 Å². The average Bonchev–Trinajstić information content (AvgIpc) is 2.69. The third-order valence-corrected chi connectivity index (χ3v) is 4.33. The lowest BCUT2D eigenvalue weighted by Crippen LogP contribution is -2.04. The molecular weight excluding hydrogens is 336 g/mol. The summed E-state index contributed by atoms with van der Waals surface area (Å²) in [4.78, 5) is 13.3. The Morgan fingerprint density at radius 3 is 2.70 bits per heavy atom. The molecule has 4 rings (SSSR count). The molecule has 5 nitrogen and oxygen atoms in total. The summed E-state index contributed by atoms with van der Waals surface area (Å²) in [6.07, 6.45) is 3.42. The molecule has 134 valence electrons. The zero-order valence-electron chi connectivity index (χ0n) is 15.3. The SMILES string of the molecule is Cc1ccc(Oc2ncccc2CNc2cc(C)c3ccccc3n2)cn1. The maximum Gasteiger partial charge on any atom is 0.224 e. The summed E-state index contributed by atoms with van der Waals surface area (Å²) in [6, 6.07) is 17.9. The van der Waals surface area contributed by atoms with Gasteiger partial charge >= 0.3 is 0 Å². The van der Waals surface area contributed by atoms with E-state index in [1.165, 1.54) is 10.9 Å². The molecule has 1 N–H and O–H groups in total. The molecule has 0 radical (unpaired) electrons. The van der Waals surface area contributed by atoms with Crippen LogP contribution in [0.2, 0.25) is 0 Å². The standard InChI is InChI=1S/C22H20N4O/c1-15-12-21(26-20-8-4-3-7-19(15)20)25-13-17-6-5-11-23-22(17)27-18-10-9-16(2)24-14-18/h3-12,14H,13H2,1-2H3,(H,25,26). The summed E-state index contributed by atoms with van der Waals surface area (Å²) in [5.74, 6) is 2.06. The van der Waals surface area contributed by atoms with E-state index in [0.29, 0.717) is 18.2 Å². The van der Waals surface area contributed by atoms with Crippen molar-refractivity contribution >= 4 is 16.7 Å². The fourth-order valence-corrected chi connectivity index (χ4v) is 2.90. The lowest BCUT2D eigenvalue weighted by Gasteiger charge is -2.12. The monoisotopic (exact) mass is 356 g/mol. The van der Waals surface area contributed by atoms with Crippen molar-refractivity contribution in [2.24, 2.45) is 0 Å². The average molecular weight is 356 g/mol. The number of anilines is 1. The number of para-hydroxylation sites is 1. The van der Waals surface area contributed by atoms with Crippen LogP contribution in [0.15, 0.2) is 67.0 Å². The fraction of sp³-hybridized carbons (Fsp3) is 0.136. The van der Waals surface area contributed by atoms with Crippen LogP contribution in [0.1, 0.15) is 16.8 Å². The number of nitrogens with one attached hydrogen (secondary N) is 1. The van der Waals surface area contributed by atoms with Crippen LogP contribution in [0.25, 0.3) is 10.9 Å². The molecule has 3 heterocycles. The highest BCUT2D eigenvalue weighted by atomic mass is 16.5. The number of hydrogen-bond donors (Lipinski definition) is 1.